The van der Waals surface area contributed by atoms with Gasteiger partial charge in [-0.3, -0.25) is 9.59 Å². The van der Waals surface area contributed by atoms with Crippen LogP contribution in [0.25, 0.3) is 5.57 Å². The number of hydrogen-bond acceptors (Lipinski definition) is 3. The Hall–Kier alpha value is -1.98. The van der Waals surface area contributed by atoms with Crippen molar-refractivity contribution in [2.45, 2.75) is 0 Å². The summed E-state index contributed by atoms with van der Waals surface area (Å²) in [5, 5.41) is 1.69. The van der Waals surface area contributed by atoms with Crippen LogP contribution in [0.3, 0.4) is 0 Å². The van der Waals surface area contributed by atoms with Gasteiger partial charge in [0.2, 0.25) is 0 Å². The van der Waals surface area contributed by atoms with E-state index in [1.165, 1.54) is 35.6 Å². The Kier molecular flexibility index (Phi) is 3.16. The molecule has 0 spiro atoms. The smallest absolute Gasteiger partial charge is 0.268 e. The standard InChI is InChI=1S/C14H7ClFNO2S/c15-12-11(10-2-1-7-20-10)13(18)17(14(12)19)9-5-3-8(16)4-6-9/h1-7H. The van der Waals surface area contributed by atoms with Gasteiger partial charge in [0.1, 0.15) is 10.8 Å². The maximum Gasteiger partial charge on any atom is 0.277 e. The summed E-state index contributed by atoms with van der Waals surface area (Å²) in [5.74, 6) is -1.52. The van der Waals surface area contributed by atoms with E-state index in [9.17, 15) is 14.0 Å². The number of amides is 2. The molecular weight excluding hydrogens is 301 g/mol. The Morgan fingerprint density at radius 1 is 1.05 bits per heavy atom. The quantitative estimate of drug-likeness (QED) is 0.797. The Bertz CT molecular complexity index is 722. The molecule has 2 heterocycles. The van der Waals surface area contributed by atoms with Crippen LogP contribution in [0, 0.1) is 5.82 Å². The Balaban J connectivity index is 2.04. The van der Waals surface area contributed by atoms with Crippen LogP contribution in [0.4, 0.5) is 10.1 Å². The summed E-state index contributed by atoms with van der Waals surface area (Å²) >= 11 is 7.32. The SMILES string of the molecule is O=C1C(Cl)=C(c2cccs2)C(=O)N1c1ccc(F)cc1. The van der Waals surface area contributed by atoms with Crippen LogP contribution in [-0.4, -0.2) is 11.8 Å². The van der Waals surface area contributed by atoms with E-state index in [0.29, 0.717) is 10.6 Å². The van der Waals surface area contributed by atoms with E-state index in [1.54, 1.807) is 17.5 Å². The molecule has 0 radical (unpaired) electrons. The van der Waals surface area contributed by atoms with Crippen LogP contribution in [0.1, 0.15) is 4.88 Å². The summed E-state index contributed by atoms with van der Waals surface area (Å²) in [4.78, 5) is 26.1. The van der Waals surface area contributed by atoms with Crippen molar-refractivity contribution in [2.75, 3.05) is 4.90 Å². The van der Waals surface area contributed by atoms with E-state index >= 15 is 0 Å². The lowest BCUT2D eigenvalue weighted by Gasteiger charge is -2.14. The average Bonchev–Trinajstić information content (AvgIpc) is 3.01. The minimum atomic E-state index is -0.591. The van der Waals surface area contributed by atoms with Crippen molar-refractivity contribution < 1.29 is 14.0 Å². The average molecular weight is 308 g/mol. The molecule has 20 heavy (non-hydrogen) atoms. The molecule has 0 fully saturated rings. The number of thiophene rings is 1. The fourth-order valence-corrected chi connectivity index (χ4v) is 3.05. The molecule has 1 aliphatic rings. The van der Waals surface area contributed by atoms with Gasteiger partial charge in [0.15, 0.2) is 0 Å². The van der Waals surface area contributed by atoms with Crippen molar-refractivity contribution in [1.82, 2.24) is 0 Å². The molecule has 0 saturated heterocycles. The number of carbonyl (C=O) groups excluding carboxylic acids is 2. The van der Waals surface area contributed by atoms with Crippen molar-refractivity contribution in [3.05, 3.63) is 57.5 Å². The molecule has 100 valence electrons. The van der Waals surface area contributed by atoms with Gasteiger partial charge in [-0.1, -0.05) is 17.7 Å². The third kappa shape index (κ3) is 1.95. The molecule has 2 aromatic rings. The number of halogens is 2. The number of imide groups is 1. The zero-order valence-corrected chi connectivity index (χ0v) is 11.5. The molecule has 1 aliphatic heterocycles. The van der Waals surface area contributed by atoms with Crippen molar-refractivity contribution >= 4 is 46.0 Å². The molecule has 1 aromatic heterocycles. The van der Waals surface area contributed by atoms with E-state index in [2.05, 4.69) is 0 Å². The van der Waals surface area contributed by atoms with Crippen LogP contribution in [0.15, 0.2) is 46.8 Å². The van der Waals surface area contributed by atoms with Crippen LogP contribution in [0.5, 0.6) is 0 Å². The van der Waals surface area contributed by atoms with Crippen LogP contribution < -0.4 is 4.90 Å². The van der Waals surface area contributed by atoms with E-state index in [-0.39, 0.29) is 10.6 Å². The summed E-state index contributed by atoms with van der Waals surface area (Å²) in [6.45, 7) is 0. The highest BCUT2D eigenvalue weighted by Crippen LogP contribution is 2.36. The van der Waals surface area contributed by atoms with Gasteiger partial charge in [0.05, 0.1) is 11.3 Å². The summed E-state index contributed by atoms with van der Waals surface area (Å²) < 4.78 is 12.9. The van der Waals surface area contributed by atoms with E-state index in [1.807, 2.05) is 0 Å². The Labute approximate surface area is 122 Å². The second kappa shape index (κ2) is 4.85. The highest BCUT2D eigenvalue weighted by atomic mass is 35.5. The first-order valence-corrected chi connectivity index (χ1v) is 6.93. The number of anilines is 1. The van der Waals surface area contributed by atoms with Crippen LogP contribution in [-0.2, 0) is 9.59 Å². The predicted molar refractivity (Wildman–Crippen MR) is 76.0 cm³/mol. The second-order valence-electron chi connectivity index (χ2n) is 4.09. The van der Waals surface area contributed by atoms with Gasteiger partial charge >= 0.3 is 0 Å². The lowest BCUT2D eigenvalue weighted by molar-refractivity contribution is -0.119. The monoisotopic (exact) mass is 307 g/mol. The number of rotatable bonds is 2. The molecule has 0 atom stereocenters. The Morgan fingerprint density at radius 3 is 2.35 bits per heavy atom. The molecule has 2 amide bonds. The van der Waals surface area contributed by atoms with E-state index < -0.39 is 17.6 Å². The highest BCUT2D eigenvalue weighted by Gasteiger charge is 2.39. The maximum atomic E-state index is 12.9. The van der Waals surface area contributed by atoms with E-state index in [0.717, 1.165) is 4.90 Å². The van der Waals surface area contributed by atoms with Crippen molar-refractivity contribution in [3.63, 3.8) is 0 Å². The van der Waals surface area contributed by atoms with Crippen LogP contribution in [0.2, 0.25) is 0 Å². The van der Waals surface area contributed by atoms with Gasteiger partial charge in [-0.2, -0.15) is 0 Å². The molecule has 6 heteroatoms. The van der Waals surface area contributed by atoms with Gasteiger partial charge < -0.3 is 0 Å². The first-order valence-electron chi connectivity index (χ1n) is 5.67. The van der Waals surface area contributed by atoms with Crippen molar-refractivity contribution in [3.8, 4) is 0 Å². The van der Waals surface area contributed by atoms with Gasteiger partial charge in [-0.15, -0.1) is 11.3 Å². The van der Waals surface area contributed by atoms with Crippen LogP contribution >= 0.6 is 22.9 Å². The molecular formula is C14H7ClFNO2S. The van der Waals surface area contributed by atoms with Gasteiger partial charge in [0.25, 0.3) is 11.8 Å². The normalized spacial score (nSPS) is 15.4. The number of carbonyl (C=O) groups is 2. The summed E-state index contributed by atoms with van der Waals surface area (Å²) in [6, 6.07) is 8.61. The molecule has 1 aromatic carbocycles. The highest BCUT2D eigenvalue weighted by molar-refractivity contribution is 7.11. The van der Waals surface area contributed by atoms with Gasteiger partial charge in [-0.05, 0) is 35.7 Å². The lowest BCUT2D eigenvalue weighted by Crippen LogP contribution is -2.31. The third-order valence-corrected chi connectivity index (χ3v) is 4.12. The molecule has 3 nitrogen and oxygen atoms in total. The first-order chi connectivity index (χ1) is 9.59. The maximum absolute atomic E-state index is 12.9. The third-order valence-electron chi connectivity index (χ3n) is 2.88. The zero-order valence-electron chi connectivity index (χ0n) is 9.97. The molecule has 0 N–H and O–H groups in total. The minimum Gasteiger partial charge on any atom is -0.268 e. The summed E-state index contributed by atoms with van der Waals surface area (Å²) in [7, 11) is 0. The number of nitrogens with zero attached hydrogens (tertiary/aromatic N) is 1. The fraction of sp³-hybridized carbons (Fsp3) is 0. The fourth-order valence-electron chi connectivity index (χ4n) is 1.96. The predicted octanol–water partition coefficient (Wildman–Crippen LogP) is 3.41. The van der Waals surface area contributed by atoms with Gasteiger partial charge in [-0.25, -0.2) is 9.29 Å². The van der Waals surface area contributed by atoms with E-state index in [4.69, 9.17) is 11.6 Å². The number of benzene rings is 1. The Morgan fingerprint density at radius 2 is 1.75 bits per heavy atom. The largest absolute Gasteiger partial charge is 0.277 e. The van der Waals surface area contributed by atoms with Gasteiger partial charge in [0, 0.05) is 4.88 Å². The minimum absolute atomic E-state index is 0.109. The summed E-state index contributed by atoms with van der Waals surface area (Å²) in [6.07, 6.45) is 0. The lowest BCUT2D eigenvalue weighted by atomic mass is 10.2. The summed E-state index contributed by atoms with van der Waals surface area (Å²) in [5.41, 5.74) is 0.488. The number of hydrogen-bond donors (Lipinski definition) is 0. The first kappa shape index (κ1) is 13.0. The topological polar surface area (TPSA) is 37.4 Å². The molecule has 0 aliphatic carbocycles. The molecule has 0 unspecified atom stereocenters. The molecule has 0 saturated carbocycles. The molecule has 0 bridgehead atoms. The zero-order chi connectivity index (χ0) is 14.3. The van der Waals surface area contributed by atoms with Crippen molar-refractivity contribution in [1.29, 1.82) is 0 Å². The molecule has 3 rings (SSSR count). The van der Waals surface area contributed by atoms with Crippen molar-refractivity contribution in [2.24, 2.45) is 0 Å². The second-order valence-corrected chi connectivity index (χ2v) is 5.41.